The van der Waals surface area contributed by atoms with Gasteiger partial charge in [0.2, 0.25) is 0 Å². The van der Waals surface area contributed by atoms with Gasteiger partial charge in [0.05, 0.1) is 0 Å². The van der Waals surface area contributed by atoms with Gasteiger partial charge in [-0.1, -0.05) is 6.07 Å². The molecule has 1 N–H and O–H groups in total. The van der Waals surface area contributed by atoms with Crippen LogP contribution in [0.2, 0.25) is 0 Å². The van der Waals surface area contributed by atoms with E-state index in [1.165, 1.54) is 19.1 Å². The Morgan fingerprint density at radius 1 is 1.30 bits per heavy atom. The number of esters is 2. The standard InChI is InChI=1S/C12H14O7S/c1-8-3-4-10(11(7-8)19-9(2)13)12(14)18-5-6-20(15,16)17/h3-4,7H,5-6H2,1-2H3,(H,15,16,17). The topological polar surface area (TPSA) is 107 Å². The Morgan fingerprint density at radius 2 is 1.95 bits per heavy atom. The number of aryl methyl sites for hydroxylation is 1. The molecule has 8 heteroatoms. The van der Waals surface area contributed by atoms with Crippen molar-refractivity contribution in [3.8, 4) is 5.75 Å². The first-order chi connectivity index (χ1) is 9.19. The molecule has 20 heavy (non-hydrogen) atoms. The van der Waals surface area contributed by atoms with E-state index in [1.54, 1.807) is 13.0 Å². The predicted molar refractivity (Wildman–Crippen MR) is 69.2 cm³/mol. The fourth-order valence-electron chi connectivity index (χ4n) is 1.35. The molecule has 0 radical (unpaired) electrons. The molecule has 0 aromatic heterocycles. The highest BCUT2D eigenvalue weighted by Crippen LogP contribution is 2.21. The van der Waals surface area contributed by atoms with E-state index in [-0.39, 0.29) is 11.3 Å². The third-order valence-electron chi connectivity index (χ3n) is 2.19. The second-order valence-electron chi connectivity index (χ2n) is 4.02. The first-order valence-corrected chi connectivity index (χ1v) is 7.21. The summed E-state index contributed by atoms with van der Waals surface area (Å²) in [5, 5.41) is 0. The Balaban J connectivity index is 2.84. The minimum Gasteiger partial charge on any atom is -0.461 e. The van der Waals surface area contributed by atoms with Crippen LogP contribution in [0.15, 0.2) is 18.2 Å². The van der Waals surface area contributed by atoms with Crippen LogP contribution in [0.1, 0.15) is 22.8 Å². The maximum Gasteiger partial charge on any atom is 0.341 e. The number of rotatable bonds is 5. The summed E-state index contributed by atoms with van der Waals surface area (Å²) in [4.78, 5) is 22.7. The molecule has 1 rings (SSSR count). The summed E-state index contributed by atoms with van der Waals surface area (Å²) in [6, 6.07) is 4.51. The first-order valence-electron chi connectivity index (χ1n) is 5.60. The lowest BCUT2D eigenvalue weighted by molar-refractivity contribution is -0.131. The van der Waals surface area contributed by atoms with Crippen molar-refractivity contribution in [3.05, 3.63) is 29.3 Å². The first kappa shape index (κ1) is 16.1. The zero-order valence-electron chi connectivity index (χ0n) is 11.0. The van der Waals surface area contributed by atoms with Crippen LogP contribution in [0.3, 0.4) is 0 Å². The summed E-state index contributed by atoms with van der Waals surface area (Å²) in [5.41, 5.74) is 0.775. The van der Waals surface area contributed by atoms with Gasteiger partial charge in [-0.05, 0) is 24.6 Å². The highest BCUT2D eigenvalue weighted by Gasteiger charge is 2.16. The smallest absolute Gasteiger partial charge is 0.341 e. The number of carbonyl (C=O) groups excluding carboxylic acids is 2. The van der Waals surface area contributed by atoms with Crippen LogP contribution in [0.25, 0.3) is 0 Å². The van der Waals surface area contributed by atoms with Crippen molar-refractivity contribution in [2.75, 3.05) is 12.4 Å². The van der Waals surface area contributed by atoms with Crippen LogP contribution >= 0.6 is 0 Å². The lowest BCUT2D eigenvalue weighted by Gasteiger charge is -2.09. The van der Waals surface area contributed by atoms with Gasteiger partial charge >= 0.3 is 11.9 Å². The molecule has 0 saturated carbocycles. The number of hydrogen-bond acceptors (Lipinski definition) is 6. The minimum absolute atomic E-state index is 0.00105. The number of carbonyl (C=O) groups is 2. The average Bonchev–Trinajstić information content (AvgIpc) is 2.26. The fraction of sp³-hybridized carbons (Fsp3) is 0.333. The largest absolute Gasteiger partial charge is 0.461 e. The van der Waals surface area contributed by atoms with E-state index in [2.05, 4.69) is 0 Å². The molecule has 0 spiro atoms. The van der Waals surface area contributed by atoms with Crippen molar-refractivity contribution in [3.63, 3.8) is 0 Å². The second kappa shape index (κ2) is 6.49. The SMILES string of the molecule is CC(=O)Oc1cc(C)ccc1C(=O)OCCS(=O)(=O)O. The zero-order chi connectivity index (χ0) is 15.3. The summed E-state index contributed by atoms with van der Waals surface area (Å²) < 4.78 is 39.1. The zero-order valence-corrected chi connectivity index (χ0v) is 11.8. The summed E-state index contributed by atoms with van der Waals surface area (Å²) in [7, 11) is -4.20. The summed E-state index contributed by atoms with van der Waals surface area (Å²) in [5.74, 6) is -2.10. The molecule has 0 aliphatic heterocycles. The Kier molecular flexibility index (Phi) is 5.23. The molecule has 0 fully saturated rings. The maximum atomic E-state index is 11.8. The molecule has 0 amide bonds. The molecule has 0 aliphatic rings. The van der Waals surface area contributed by atoms with Crippen molar-refractivity contribution >= 4 is 22.1 Å². The lowest BCUT2D eigenvalue weighted by atomic mass is 10.1. The van der Waals surface area contributed by atoms with Crippen LogP contribution in [0, 0.1) is 6.92 Å². The van der Waals surface area contributed by atoms with Gasteiger partial charge in [0.1, 0.15) is 23.7 Å². The lowest BCUT2D eigenvalue weighted by Crippen LogP contribution is -2.16. The van der Waals surface area contributed by atoms with Crippen molar-refractivity contribution < 1.29 is 32.0 Å². The van der Waals surface area contributed by atoms with Gasteiger partial charge in [0.15, 0.2) is 0 Å². The Morgan fingerprint density at radius 3 is 2.50 bits per heavy atom. The van der Waals surface area contributed by atoms with E-state index in [1.807, 2.05) is 0 Å². The predicted octanol–water partition coefficient (Wildman–Crippen LogP) is 0.965. The van der Waals surface area contributed by atoms with Gasteiger partial charge in [0.25, 0.3) is 10.1 Å². The van der Waals surface area contributed by atoms with Gasteiger partial charge in [-0.25, -0.2) is 4.79 Å². The molecule has 0 bridgehead atoms. The Labute approximate surface area is 116 Å². The van der Waals surface area contributed by atoms with E-state index in [0.717, 1.165) is 5.56 Å². The molecule has 0 heterocycles. The molecule has 0 saturated heterocycles. The van der Waals surface area contributed by atoms with E-state index in [4.69, 9.17) is 14.0 Å². The molecule has 0 atom stereocenters. The quantitative estimate of drug-likeness (QED) is 0.490. The van der Waals surface area contributed by atoms with E-state index < -0.39 is 34.4 Å². The maximum absolute atomic E-state index is 11.8. The normalized spacial score (nSPS) is 10.9. The second-order valence-corrected chi connectivity index (χ2v) is 5.59. The van der Waals surface area contributed by atoms with Crippen LogP contribution in [-0.4, -0.2) is 37.3 Å². The average molecular weight is 302 g/mol. The van der Waals surface area contributed by atoms with Crippen molar-refractivity contribution in [2.45, 2.75) is 13.8 Å². The fourth-order valence-corrected chi connectivity index (χ4v) is 1.65. The van der Waals surface area contributed by atoms with E-state index >= 15 is 0 Å². The van der Waals surface area contributed by atoms with Gasteiger partial charge in [0, 0.05) is 6.92 Å². The summed E-state index contributed by atoms with van der Waals surface area (Å²) >= 11 is 0. The number of benzene rings is 1. The highest BCUT2D eigenvalue weighted by atomic mass is 32.2. The van der Waals surface area contributed by atoms with Gasteiger partial charge in [-0.2, -0.15) is 8.42 Å². The highest BCUT2D eigenvalue weighted by molar-refractivity contribution is 7.85. The molecule has 0 unspecified atom stereocenters. The third-order valence-corrected chi connectivity index (χ3v) is 2.87. The molecule has 7 nitrogen and oxygen atoms in total. The van der Waals surface area contributed by atoms with E-state index in [0.29, 0.717) is 0 Å². The van der Waals surface area contributed by atoms with Crippen LogP contribution in [0.5, 0.6) is 5.75 Å². The van der Waals surface area contributed by atoms with Gasteiger partial charge < -0.3 is 9.47 Å². The van der Waals surface area contributed by atoms with Gasteiger partial charge in [-0.15, -0.1) is 0 Å². The molecular weight excluding hydrogens is 288 g/mol. The Bertz CT molecular complexity index is 619. The van der Waals surface area contributed by atoms with Crippen LogP contribution < -0.4 is 4.74 Å². The summed E-state index contributed by atoms with van der Waals surface area (Å²) in [6.07, 6.45) is 0. The molecular formula is C12H14O7S. The number of hydrogen-bond donors (Lipinski definition) is 1. The van der Waals surface area contributed by atoms with Crippen molar-refractivity contribution in [1.82, 2.24) is 0 Å². The van der Waals surface area contributed by atoms with Crippen LogP contribution in [-0.2, 0) is 19.6 Å². The van der Waals surface area contributed by atoms with Crippen LogP contribution in [0.4, 0.5) is 0 Å². The Hall–Kier alpha value is -1.93. The van der Waals surface area contributed by atoms with Crippen molar-refractivity contribution in [2.24, 2.45) is 0 Å². The molecule has 1 aromatic carbocycles. The third kappa shape index (κ3) is 5.37. The summed E-state index contributed by atoms with van der Waals surface area (Å²) in [6.45, 7) is 2.45. The monoisotopic (exact) mass is 302 g/mol. The van der Waals surface area contributed by atoms with E-state index in [9.17, 15) is 18.0 Å². The van der Waals surface area contributed by atoms with Gasteiger partial charge in [-0.3, -0.25) is 9.35 Å². The number of ether oxygens (including phenoxy) is 2. The molecule has 110 valence electrons. The minimum atomic E-state index is -4.20. The van der Waals surface area contributed by atoms with Crippen molar-refractivity contribution in [1.29, 1.82) is 0 Å². The molecule has 1 aromatic rings. The molecule has 0 aliphatic carbocycles.